The molecule has 22 aromatic carbocycles. The van der Waals surface area contributed by atoms with Crippen LogP contribution in [0.25, 0.3) is 287 Å². The summed E-state index contributed by atoms with van der Waals surface area (Å²) in [6.07, 6.45) is 1.91. The highest BCUT2D eigenvalue weighted by Crippen LogP contribution is 2.49. The van der Waals surface area contributed by atoms with Gasteiger partial charge in [-0.3, -0.25) is 9.13 Å². The Morgan fingerprint density at radius 1 is 0.147 bits per heavy atom. The Kier molecular flexibility index (Phi) is 19.7. The number of benzene rings is 22. The summed E-state index contributed by atoms with van der Waals surface area (Å²) in [6.45, 7) is 0. The van der Waals surface area contributed by atoms with Crippen molar-refractivity contribution in [1.29, 1.82) is 0 Å². The Bertz CT molecular complexity index is 11100. The molecule has 0 fully saturated rings. The van der Waals surface area contributed by atoms with Gasteiger partial charge in [0, 0.05) is 143 Å². The van der Waals surface area contributed by atoms with Crippen LogP contribution in [-0.2, 0) is 0 Å². The van der Waals surface area contributed by atoms with Crippen molar-refractivity contribution in [3.05, 3.63) is 516 Å². The lowest BCUT2D eigenvalue weighted by molar-refractivity contribution is 1.08. The summed E-state index contributed by atoms with van der Waals surface area (Å²) >= 11 is 0. The van der Waals surface area contributed by atoms with Crippen molar-refractivity contribution < 1.29 is 0 Å². The number of fused-ring (bicyclic) bond motifs is 26. The maximum Gasteiger partial charge on any atom is 0.165 e. The molecular formula is C137H85N13. The second-order valence-electron chi connectivity index (χ2n) is 38.6. The van der Waals surface area contributed by atoms with Crippen molar-refractivity contribution in [1.82, 2.24) is 62.3 Å². The molecule has 32 rings (SSSR count). The molecule has 0 radical (unpaired) electrons. The minimum atomic E-state index is 0.651. The van der Waals surface area contributed by atoms with Crippen molar-refractivity contribution in [3.8, 4) is 90.9 Å². The Labute approximate surface area is 859 Å². The maximum absolute atomic E-state index is 5.33. The monoisotopic (exact) mass is 1910 g/mol. The van der Waals surface area contributed by atoms with Crippen molar-refractivity contribution >= 4 is 196 Å². The van der Waals surface area contributed by atoms with Crippen molar-refractivity contribution in [2.24, 2.45) is 0 Å². The van der Waals surface area contributed by atoms with E-state index < -0.39 is 0 Å². The topological polar surface area (TPSA) is 120 Å². The van der Waals surface area contributed by atoms with Gasteiger partial charge in [0.25, 0.3) is 0 Å². The zero-order chi connectivity index (χ0) is 98.5. The predicted octanol–water partition coefficient (Wildman–Crippen LogP) is 34.7. The van der Waals surface area contributed by atoms with Crippen LogP contribution in [0.15, 0.2) is 516 Å². The Morgan fingerprint density at radius 2 is 0.480 bits per heavy atom. The zero-order valence-corrected chi connectivity index (χ0v) is 80.9. The average Bonchev–Trinajstić information content (AvgIpc) is 1.55. The third-order valence-corrected chi connectivity index (χ3v) is 30.1. The summed E-state index contributed by atoms with van der Waals surface area (Å²) in [6, 6.07) is 181. The first-order valence-electron chi connectivity index (χ1n) is 50.8. The van der Waals surface area contributed by atoms with Gasteiger partial charge in [-0.05, 0) is 173 Å². The Balaban J connectivity index is 0.000000104. The van der Waals surface area contributed by atoms with Crippen LogP contribution in [0.4, 0.5) is 0 Å². The van der Waals surface area contributed by atoms with E-state index in [1.807, 2.05) is 85.1 Å². The largest absolute Gasteiger partial charge is 0.309 e. The second kappa shape index (κ2) is 34.7. The highest BCUT2D eigenvalue weighted by Gasteiger charge is 2.28. The van der Waals surface area contributed by atoms with Gasteiger partial charge in [-0.1, -0.05) is 358 Å². The summed E-state index contributed by atoms with van der Waals surface area (Å²) in [4.78, 5) is 36.1. The number of rotatable bonds is 11. The van der Waals surface area contributed by atoms with Crippen molar-refractivity contribution in [2.45, 2.75) is 0 Å². The van der Waals surface area contributed by atoms with Gasteiger partial charge in [0.05, 0.1) is 99.7 Å². The van der Waals surface area contributed by atoms with Crippen LogP contribution >= 0.6 is 0 Å². The molecule has 13 nitrogen and oxygen atoms in total. The molecule has 0 bridgehead atoms. The molecule has 0 aliphatic rings. The zero-order valence-electron chi connectivity index (χ0n) is 80.9. The molecule has 0 saturated carbocycles. The fourth-order valence-corrected chi connectivity index (χ4v) is 23.4. The van der Waals surface area contributed by atoms with Crippen LogP contribution in [0.1, 0.15) is 0 Å². The van der Waals surface area contributed by atoms with Gasteiger partial charge in [0.1, 0.15) is 11.5 Å². The highest BCUT2D eigenvalue weighted by atomic mass is 15.1. The van der Waals surface area contributed by atoms with E-state index in [0.717, 1.165) is 156 Å². The van der Waals surface area contributed by atoms with E-state index in [1.54, 1.807) is 0 Å². The first kappa shape index (κ1) is 85.2. The molecule has 0 unspecified atom stereocenters. The molecule has 10 heterocycles. The first-order valence-corrected chi connectivity index (χ1v) is 50.8. The summed E-state index contributed by atoms with van der Waals surface area (Å²) in [5, 5.41) is 24.0. The average molecular weight is 1910 g/mol. The molecule has 13 heteroatoms. The fraction of sp³-hybridized carbons (Fsp3) is 0. The first-order chi connectivity index (χ1) is 74.4. The summed E-state index contributed by atoms with van der Waals surface area (Å²) < 4.78 is 14.3. The minimum absolute atomic E-state index is 0.651. The quantitative estimate of drug-likeness (QED) is 0.126. The van der Waals surface area contributed by atoms with Crippen LogP contribution in [0.3, 0.4) is 0 Å². The number of hydrogen-bond acceptors (Lipinski definition) is 7. The molecule has 0 atom stereocenters. The lowest BCUT2D eigenvalue weighted by Crippen LogP contribution is -2.03. The van der Waals surface area contributed by atoms with E-state index in [-0.39, 0.29) is 0 Å². The number of nitrogens with zero attached hydrogens (tertiary/aromatic N) is 13. The van der Waals surface area contributed by atoms with Gasteiger partial charge < -0.3 is 18.3 Å². The summed E-state index contributed by atoms with van der Waals surface area (Å²) in [5.41, 5.74) is 29.6. The van der Waals surface area contributed by atoms with E-state index in [4.69, 9.17) is 34.9 Å². The van der Waals surface area contributed by atoms with Crippen molar-refractivity contribution in [2.75, 3.05) is 0 Å². The Hall–Kier alpha value is -20.4. The van der Waals surface area contributed by atoms with Gasteiger partial charge in [0.2, 0.25) is 0 Å². The molecule has 0 saturated heterocycles. The van der Waals surface area contributed by atoms with Crippen LogP contribution in [0.2, 0.25) is 0 Å². The maximum atomic E-state index is 5.33. The minimum Gasteiger partial charge on any atom is -0.309 e. The lowest BCUT2D eigenvalue weighted by Gasteiger charge is -2.14. The highest BCUT2D eigenvalue weighted by molar-refractivity contribution is 6.27. The van der Waals surface area contributed by atoms with Crippen LogP contribution < -0.4 is 0 Å². The smallest absolute Gasteiger partial charge is 0.165 e. The van der Waals surface area contributed by atoms with E-state index in [1.165, 1.54) is 119 Å². The van der Waals surface area contributed by atoms with Gasteiger partial charge in [-0.2, -0.15) is 0 Å². The van der Waals surface area contributed by atoms with Crippen LogP contribution in [0.5, 0.6) is 0 Å². The van der Waals surface area contributed by atoms with E-state index in [0.29, 0.717) is 11.6 Å². The van der Waals surface area contributed by atoms with Gasteiger partial charge >= 0.3 is 0 Å². The predicted molar refractivity (Wildman–Crippen MR) is 622 cm³/mol. The Morgan fingerprint density at radius 3 is 0.980 bits per heavy atom. The molecule has 0 amide bonds. The van der Waals surface area contributed by atoms with Gasteiger partial charge in [-0.15, -0.1) is 0 Å². The van der Waals surface area contributed by atoms with Crippen LogP contribution in [-0.4, -0.2) is 62.3 Å². The summed E-state index contributed by atoms with van der Waals surface area (Å²) in [5.74, 6) is 3.02. The molecule has 0 aliphatic carbocycles. The molecule has 0 spiro atoms. The number of para-hydroxylation sites is 10. The lowest BCUT2D eigenvalue weighted by atomic mass is 10.0. The number of pyridine rings is 1. The third kappa shape index (κ3) is 13.8. The second-order valence-corrected chi connectivity index (χ2v) is 38.6. The van der Waals surface area contributed by atoms with Crippen molar-refractivity contribution in [3.63, 3.8) is 0 Å². The molecule has 0 N–H and O–H groups in total. The normalized spacial score (nSPS) is 11.9. The van der Waals surface area contributed by atoms with E-state index >= 15 is 0 Å². The van der Waals surface area contributed by atoms with Gasteiger partial charge in [0.15, 0.2) is 17.5 Å². The summed E-state index contributed by atoms with van der Waals surface area (Å²) in [7, 11) is 0. The standard InChI is InChI=1S/C48H30N4.C47H29N5.C42H26N4/c1-3-15-32(16-4-1)46-39-23-9-11-24-42(39)49-48(50-46)33-17-13-20-35(28-33)51-43-25-12-10-22-37(43)40-29-41-38-27-26-31-14-7-8-21-36(31)47(38)52(45(41)30-44(40)51)34-18-5-2-6-19-34;1-3-14-31(15-4-1)45-37-20-9-11-21-40(37)49-47(50-45)32-24-26-44(48-29-32)52-43-28-42-38(27-39(43)36-25-23-30-13-7-8-18-34(30)46(36)52)35-19-10-12-22-41(35)51(42)33-16-5-2-6-17-33;1-3-13-27(14-4-1)41-42(44-36-21-11-10-20-35(36)43-41)46-37-22-12-9-19-31(37)33-25-34-32-23-28-15-7-8-16-29(28)24-38(32)45(39(34)26-40(33)46)30-17-5-2-6-18-30/h1-30H;1-29H;1-26H. The van der Waals surface area contributed by atoms with E-state index in [9.17, 15) is 0 Å². The van der Waals surface area contributed by atoms with E-state index in [2.05, 4.69) is 458 Å². The molecule has 10 aromatic heterocycles. The molecule has 150 heavy (non-hydrogen) atoms. The molecule has 32 aromatic rings. The fourth-order valence-electron chi connectivity index (χ4n) is 23.4. The molecule has 698 valence electrons. The molecular weight excluding hydrogens is 1830 g/mol. The number of hydrogen-bond donors (Lipinski definition) is 0. The third-order valence-electron chi connectivity index (χ3n) is 30.1. The number of aromatic nitrogens is 13. The van der Waals surface area contributed by atoms with Gasteiger partial charge in [-0.25, -0.2) is 34.9 Å². The SMILES string of the molecule is c1ccc(-c2nc(-c3ccc(-n4c5cc6c(cc5c5ccc7ccccc7c54)c4ccccc4n6-c4ccccc4)nc3)nc3ccccc23)cc1.c1ccc(-c2nc(-c3cccc(-n4c5ccccc5c5cc6c7ccc8ccccc8c7n(-c7ccccc7)c6cc54)c3)nc3ccccc23)cc1.c1ccc(-c2nc3ccccc3nc2-n2c3ccccc3c3cc4c5cc6ccccc6cc5n(-c5ccccc5)c4cc32)cc1. The van der Waals surface area contributed by atoms with Crippen LogP contribution in [0, 0.1) is 0 Å². The molecule has 0 aliphatic heterocycles.